The van der Waals surface area contributed by atoms with Gasteiger partial charge in [-0.15, -0.1) is 11.6 Å². The summed E-state index contributed by atoms with van der Waals surface area (Å²) in [6.07, 6.45) is -0.000725. The van der Waals surface area contributed by atoms with Crippen LogP contribution in [0.4, 0.5) is 0 Å². The summed E-state index contributed by atoms with van der Waals surface area (Å²) in [5.41, 5.74) is 0. The molecule has 1 aliphatic heterocycles. The van der Waals surface area contributed by atoms with Crippen LogP contribution in [0, 0.1) is 5.92 Å². The smallest absolute Gasteiger partial charge is 0.194 e. The van der Waals surface area contributed by atoms with Crippen LogP contribution < -0.4 is 0 Å². The highest BCUT2D eigenvalue weighted by molar-refractivity contribution is 6.18. The maximum atomic E-state index is 5.72. The molecule has 0 bridgehead atoms. The summed E-state index contributed by atoms with van der Waals surface area (Å²) >= 11 is 5.69. The first-order chi connectivity index (χ1) is 6.14. The Kier molecular flexibility index (Phi) is 3.98. The van der Waals surface area contributed by atoms with Crippen molar-refractivity contribution in [3.8, 4) is 0 Å². The van der Waals surface area contributed by atoms with E-state index in [1.54, 1.807) is 7.11 Å². The number of hydrogen-bond acceptors (Lipinski definition) is 3. The van der Waals surface area contributed by atoms with Gasteiger partial charge in [-0.1, -0.05) is 13.8 Å². The summed E-state index contributed by atoms with van der Waals surface area (Å²) in [7, 11) is 1.64. The average molecular weight is 209 g/mol. The number of alkyl halides is 1. The van der Waals surface area contributed by atoms with Crippen LogP contribution in [-0.4, -0.2) is 38.1 Å². The van der Waals surface area contributed by atoms with Gasteiger partial charge in [0.25, 0.3) is 0 Å². The third kappa shape index (κ3) is 2.34. The molecule has 2 unspecified atom stereocenters. The fraction of sp³-hybridized carbons (Fsp3) is 1.00. The molecule has 78 valence electrons. The van der Waals surface area contributed by atoms with Crippen LogP contribution in [0.3, 0.4) is 0 Å². The van der Waals surface area contributed by atoms with Crippen molar-refractivity contribution in [3.05, 3.63) is 0 Å². The third-order valence-electron chi connectivity index (χ3n) is 2.28. The normalized spacial score (nSPS) is 34.4. The zero-order valence-electron chi connectivity index (χ0n) is 8.38. The Hall–Kier alpha value is 0.170. The number of rotatable bonds is 4. The van der Waals surface area contributed by atoms with E-state index < -0.39 is 5.79 Å². The minimum atomic E-state index is -0.589. The fourth-order valence-corrected chi connectivity index (χ4v) is 1.56. The quantitative estimate of drug-likeness (QED) is 0.658. The molecule has 1 fully saturated rings. The van der Waals surface area contributed by atoms with E-state index in [1.165, 1.54) is 0 Å². The molecule has 0 amide bonds. The van der Waals surface area contributed by atoms with E-state index in [-0.39, 0.29) is 12.0 Å². The van der Waals surface area contributed by atoms with E-state index in [2.05, 4.69) is 13.8 Å². The van der Waals surface area contributed by atoms with Crippen molar-refractivity contribution in [2.75, 3.05) is 26.2 Å². The van der Waals surface area contributed by atoms with E-state index in [0.717, 1.165) is 0 Å². The molecule has 1 saturated heterocycles. The highest BCUT2D eigenvalue weighted by atomic mass is 35.5. The Bertz CT molecular complexity index is 163. The molecule has 1 rings (SSSR count). The summed E-state index contributed by atoms with van der Waals surface area (Å²) in [5.74, 6) is 0.146. The van der Waals surface area contributed by atoms with Crippen LogP contribution in [0.15, 0.2) is 0 Å². The zero-order chi connectivity index (χ0) is 9.90. The van der Waals surface area contributed by atoms with Crippen molar-refractivity contribution in [2.24, 2.45) is 5.92 Å². The summed E-state index contributed by atoms with van der Waals surface area (Å²) in [4.78, 5) is 0. The first-order valence-electron chi connectivity index (χ1n) is 4.51. The molecule has 0 aromatic rings. The van der Waals surface area contributed by atoms with Gasteiger partial charge in [0.15, 0.2) is 5.79 Å². The molecule has 13 heavy (non-hydrogen) atoms. The van der Waals surface area contributed by atoms with Crippen LogP contribution in [0.2, 0.25) is 0 Å². The van der Waals surface area contributed by atoms with E-state index >= 15 is 0 Å². The second-order valence-corrected chi connectivity index (χ2v) is 3.91. The minimum Gasteiger partial charge on any atom is -0.379 e. The molecular formula is C9H17ClO3. The van der Waals surface area contributed by atoms with E-state index in [0.29, 0.717) is 19.1 Å². The lowest BCUT2D eigenvalue weighted by molar-refractivity contribution is -0.222. The highest BCUT2D eigenvalue weighted by Gasteiger charge is 2.44. The lowest BCUT2D eigenvalue weighted by Gasteiger charge is -2.30. The molecule has 0 N–H and O–H groups in total. The molecule has 2 atom stereocenters. The van der Waals surface area contributed by atoms with Crippen LogP contribution >= 0.6 is 11.6 Å². The van der Waals surface area contributed by atoms with Crippen LogP contribution in [0.1, 0.15) is 13.8 Å². The summed E-state index contributed by atoms with van der Waals surface area (Å²) < 4.78 is 16.4. The molecule has 1 aliphatic rings. The topological polar surface area (TPSA) is 27.7 Å². The van der Waals surface area contributed by atoms with Crippen molar-refractivity contribution < 1.29 is 14.2 Å². The molecule has 3 nitrogen and oxygen atoms in total. The zero-order valence-corrected chi connectivity index (χ0v) is 9.13. The average Bonchev–Trinajstić information content (AvgIpc) is 2.50. The Morgan fingerprint density at radius 2 is 2.31 bits per heavy atom. The van der Waals surface area contributed by atoms with E-state index in [4.69, 9.17) is 25.8 Å². The predicted octanol–water partition coefficient (Wildman–Crippen LogP) is 1.64. The van der Waals surface area contributed by atoms with Gasteiger partial charge in [-0.25, -0.2) is 0 Å². The lowest BCUT2D eigenvalue weighted by atomic mass is 10.0. The molecule has 1 heterocycles. The maximum absolute atomic E-state index is 5.72. The van der Waals surface area contributed by atoms with Gasteiger partial charge in [0.1, 0.15) is 6.61 Å². The standard InChI is InChI=1S/C9H17ClO3/c1-7(2)9(6-11-3)12-5-8(4-10)13-9/h7-8H,4-6H2,1-3H3. The lowest BCUT2D eigenvalue weighted by Crippen LogP contribution is -2.41. The number of halogens is 1. The summed E-state index contributed by atoms with van der Waals surface area (Å²) in [6.45, 7) is 5.12. The predicted molar refractivity (Wildman–Crippen MR) is 51.0 cm³/mol. The molecule has 0 aromatic heterocycles. The minimum absolute atomic E-state index is 0.000725. The van der Waals surface area contributed by atoms with Crippen molar-refractivity contribution >= 4 is 11.6 Å². The Morgan fingerprint density at radius 1 is 1.62 bits per heavy atom. The van der Waals surface area contributed by atoms with Crippen LogP contribution in [-0.2, 0) is 14.2 Å². The highest BCUT2D eigenvalue weighted by Crippen LogP contribution is 2.31. The van der Waals surface area contributed by atoms with E-state index in [9.17, 15) is 0 Å². The van der Waals surface area contributed by atoms with Crippen molar-refractivity contribution in [1.29, 1.82) is 0 Å². The van der Waals surface area contributed by atoms with Crippen LogP contribution in [0.5, 0.6) is 0 Å². The largest absolute Gasteiger partial charge is 0.379 e. The van der Waals surface area contributed by atoms with Gasteiger partial charge in [0, 0.05) is 13.0 Å². The van der Waals surface area contributed by atoms with Gasteiger partial charge in [-0.05, 0) is 0 Å². The first kappa shape index (κ1) is 11.2. The molecule has 0 radical (unpaired) electrons. The van der Waals surface area contributed by atoms with E-state index in [1.807, 2.05) is 0 Å². The molecule has 0 saturated carbocycles. The van der Waals surface area contributed by atoms with Gasteiger partial charge in [-0.2, -0.15) is 0 Å². The molecule has 4 heteroatoms. The number of ether oxygens (including phenoxy) is 3. The maximum Gasteiger partial charge on any atom is 0.194 e. The first-order valence-corrected chi connectivity index (χ1v) is 5.04. The molecular weight excluding hydrogens is 192 g/mol. The van der Waals surface area contributed by atoms with Gasteiger partial charge in [0.05, 0.1) is 18.6 Å². The van der Waals surface area contributed by atoms with Gasteiger partial charge in [0.2, 0.25) is 0 Å². The molecule has 0 spiro atoms. The SMILES string of the molecule is COCC1(C(C)C)OCC(CCl)O1. The molecule has 0 aliphatic carbocycles. The number of hydrogen-bond donors (Lipinski definition) is 0. The van der Waals surface area contributed by atoms with Crippen molar-refractivity contribution in [1.82, 2.24) is 0 Å². The Balaban J connectivity index is 2.60. The fourth-order valence-electron chi connectivity index (χ4n) is 1.41. The van der Waals surface area contributed by atoms with Gasteiger partial charge < -0.3 is 14.2 Å². The second-order valence-electron chi connectivity index (χ2n) is 3.60. The Labute approximate surface area is 84.3 Å². The van der Waals surface area contributed by atoms with Crippen molar-refractivity contribution in [2.45, 2.75) is 25.7 Å². The summed E-state index contributed by atoms with van der Waals surface area (Å²) in [5, 5.41) is 0. The third-order valence-corrected chi connectivity index (χ3v) is 2.62. The monoisotopic (exact) mass is 208 g/mol. The number of methoxy groups -OCH3 is 1. The Morgan fingerprint density at radius 3 is 2.69 bits per heavy atom. The molecule has 0 aromatic carbocycles. The van der Waals surface area contributed by atoms with Crippen molar-refractivity contribution in [3.63, 3.8) is 0 Å². The van der Waals surface area contributed by atoms with Gasteiger partial charge >= 0.3 is 0 Å². The van der Waals surface area contributed by atoms with Gasteiger partial charge in [-0.3, -0.25) is 0 Å². The summed E-state index contributed by atoms with van der Waals surface area (Å²) in [6, 6.07) is 0. The van der Waals surface area contributed by atoms with Crippen LogP contribution in [0.25, 0.3) is 0 Å². The second kappa shape index (κ2) is 4.60.